The second kappa shape index (κ2) is 11.2. The first-order valence-corrected chi connectivity index (χ1v) is 13.3. The van der Waals surface area contributed by atoms with Gasteiger partial charge in [0.15, 0.2) is 5.58 Å². The number of hydrogen-bond donors (Lipinski definition) is 1. The number of piperidine rings is 2. The van der Waals surface area contributed by atoms with Crippen molar-refractivity contribution in [1.82, 2.24) is 20.1 Å². The number of benzene rings is 2. The first-order valence-electron chi connectivity index (χ1n) is 13.3. The van der Waals surface area contributed by atoms with E-state index >= 15 is 0 Å². The summed E-state index contributed by atoms with van der Waals surface area (Å²) in [5, 5.41) is 3.14. The van der Waals surface area contributed by atoms with Crippen LogP contribution in [0.2, 0.25) is 0 Å². The van der Waals surface area contributed by atoms with Gasteiger partial charge in [-0.15, -0.1) is 0 Å². The fourth-order valence-corrected chi connectivity index (χ4v) is 5.44. The summed E-state index contributed by atoms with van der Waals surface area (Å²) in [5.41, 5.74) is 2.88. The number of carbonyl (C=O) groups is 2. The third-order valence-electron chi connectivity index (χ3n) is 7.78. The fraction of sp³-hybridized carbons (Fsp3) is 0.483. The van der Waals surface area contributed by atoms with E-state index in [4.69, 9.17) is 4.42 Å². The monoisotopic (exact) mass is 488 g/mol. The second-order valence-electron chi connectivity index (χ2n) is 10.2. The fourth-order valence-electron chi connectivity index (χ4n) is 5.44. The first-order chi connectivity index (χ1) is 17.6. The summed E-state index contributed by atoms with van der Waals surface area (Å²) >= 11 is 0. The van der Waals surface area contributed by atoms with E-state index in [2.05, 4.69) is 15.2 Å². The lowest BCUT2D eigenvalue weighted by Crippen LogP contribution is -2.44. The zero-order valence-electron chi connectivity index (χ0n) is 21.1. The van der Waals surface area contributed by atoms with Crippen LogP contribution in [-0.2, 0) is 4.79 Å². The molecule has 1 aromatic heterocycles. The molecule has 3 aromatic rings. The Morgan fingerprint density at radius 3 is 2.53 bits per heavy atom. The van der Waals surface area contributed by atoms with Crippen LogP contribution >= 0.6 is 0 Å². The van der Waals surface area contributed by atoms with Crippen molar-refractivity contribution < 1.29 is 14.0 Å². The van der Waals surface area contributed by atoms with Crippen molar-refractivity contribution in [3.05, 3.63) is 54.1 Å². The van der Waals surface area contributed by atoms with Crippen LogP contribution in [0.1, 0.15) is 49.4 Å². The minimum Gasteiger partial charge on any atom is -0.436 e. The Morgan fingerprint density at radius 1 is 1.03 bits per heavy atom. The minimum absolute atomic E-state index is 0.00615. The quantitative estimate of drug-likeness (QED) is 0.527. The van der Waals surface area contributed by atoms with Gasteiger partial charge in [-0.3, -0.25) is 9.59 Å². The SMILES string of the molecule is C[C@H](C(=O)NCCN1CCCCC1)C1CCN(C(=O)c2ccc3nc(-c4ccccc4)oc3c2)CC1. The Balaban J connectivity index is 1.13. The molecule has 0 radical (unpaired) electrons. The predicted molar refractivity (Wildman–Crippen MR) is 141 cm³/mol. The van der Waals surface area contributed by atoms with Crippen molar-refractivity contribution in [2.45, 2.75) is 39.0 Å². The molecule has 2 amide bonds. The molecule has 0 saturated carbocycles. The molecule has 2 aliphatic heterocycles. The highest BCUT2D eigenvalue weighted by molar-refractivity contribution is 5.97. The highest BCUT2D eigenvalue weighted by atomic mass is 16.3. The molecule has 1 N–H and O–H groups in total. The molecule has 7 nitrogen and oxygen atoms in total. The third-order valence-corrected chi connectivity index (χ3v) is 7.78. The molecule has 0 spiro atoms. The van der Waals surface area contributed by atoms with Gasteiger partial charge in [0, 0.05) is 43.2 Å². The standard InChI is InChI=1S/C29H36N4O3/c1-21(27(34)30-14-19-32-15-6-3-7-16-32)22-12-17-33(18-13-22)29(35)24-10-11-25-26(20-24)36-28(31-25)23-8-4-2-5-9-23/h2,4-5,8-11,20-22H,3,6-7,12-19H2,1H3,(H,30,34)/t21-/m0/s1. The number of nitrogens with one attached hydrogen (secondary N) is 1. The molecule has 2 fully saturated rings. The molecule has 5 rings (SSSR count). The number of oxazole rings is 1. The molecule has 3 heterocycles. The van der Waals surface area contributed by atoms with Crippen LogP contribution in [0.4, 0.5) is 0 Å². The van der Waals surface area contributed by atoms with E-state index in [1.165, 1.54) is 19.3 Å². The third kappa shape index (κ3) is 5.62. The number of carbonyl (C=O) groups excluding carboxylic acids is 2. The number of hydrogen-bond acceptors (Lipinski definition) is 5. The summed E-state index contributed by atoms with van der Waals surface area (Å²) in [6, 6.07) is 15.2. The summed E-state index contributed by atoms with van der Waals surface area (Å²) in [5.74, 6) is 0.965. The molecule has 190 valence electrons. The van der Waals surface area contributed by atoms with Gasteiger partial charge in [0.2, 0.25) is 11.8 Å². The number of rotatable bonds is 7. The number of nitrogens with zero attached hydrogens (tertiary/aromatic N) is 3. The van der Waals surface area contributed by atoms with E-state index in [1.54, 1.807) is 6.07 Å². The van der Waals surface area contributed by atoms with Crippen LogP contribution in [0.25, 0.3) is 22.6 Å². The van der Waals surface area contributed by atoms with E-state index in [-0.39, 0.29) is 17.7 Å². The van der Waals surface area contributed by atoms with Crippen molar-refractivity contribution in [3.63, 3.8) is 0 Å². The summed E-state index contributed by atoms with van der Waals surface area (Å²) in [6.07, 6.45) is 5.54. The van der Waals surface area contributed by atoms with Crippen LogP contribution < -0.4 is 5.32 Å². The summed E-state index contributed by atoms with van der Waals surface area (Å²) in [7, 11) is 0. The Hall–Kier alpha value is -3.19. The van der Waals surface area contributed by atoms with Gasteiger partial charge in [-0.2, -0.15) is 0 Å². The van der Waals surface area contributed by atoms with Gasteiger partial charge in [0.05, 0.1) is 0 Å². The van der Waals surface area contributed by atoms with E-state index in [9.17, 15) is 9.59 Å². The Bertz CT molecular complexity index is 1180. The summed E-state index contributed by atoms with van der Waals surface area (Å²) in [6.45, 7) is 7.31. The number of aromatic nitrogens is 1. The van der Waals surface area contributed by atoms with Gasteiger partial charge in [0.1, 0.15) is 5.52 Å². The number of likely N-dealkylation sites (tertiary alicyclic amines) is 2. The lowest BCUT2D eigenvalue weighted by molar-refractivity contribution is -0.126. The van der Waals surface area contributed by atoms with Crippen LogP contribution in [0.5, 0.6) is 0 Å². The molecule has 2 aromatic carbocycles. The Labute approximate surface area is 212 Å². The van der Waals surface area contributed by atoms with E-state index in [0.29, 0.717) is 36.0 Å². The average Bonchev–Trinajstić information content (AvgIpc) is 3.37. The lowest BCUT2D eigenvalue weighted by Gasteiger charge is -2.34. The van der Waals surface area contributed by atoms with Gasteiger partial charge in [-0.05, 0) is 75.0 Å². The maximum atomic E-state index is 13.2. The van der Waals surface area contributed by atoms with Crippen LogP contribution in [0.3, 0.4) is 0 Å². The maximum absolute atomic E-state index is 13.2. The van der Waals surface area contributed by atoms with Gasteiger partial charge in [0.25, 0.3) is 5.91 Å². The van der Waals surface area contributed by atoms with Crippen molar-refractivity contribution in [3.8, 4) is 11.5 Å². The molecular weight excluding hydrogens is 452 g/mol. The second-order valence-corrected chi connectivity index (χ2v) is 10.2. The molecule has 7 heteroatoms. The largest absolute Gasteiger partial charge is 0.436 e. The normalized spacial score (nSPS) is 18.3. The van der Waals surface area contributed by atoms with Gasteiger partial charge in [-0.1, -0.05) is 31.5 Å². The van der Waals surface area contributed by atoms with E-state index in [0.717, 1.165) is 50.1 Å². The molecule has 0 bridgehead atoms. The molecule has 36 heavy (non-hydrogen) atoms. The minimum atomic E-state index is -0.0365. The number of amides is 2. The van der Waals surface area contributed by atoms with Crippen molar-refractivity contribution >= 4 is 22.9 Å². The first kappa shape index (κ1) is 24.5. The number of fused-ring (bicyclic) bond motifs is 1. The zero-order chi connectivity index (χ0) is 24.9. The molecule has 0 aliphatic carbocycles. The van der Waals surface area contributed by atoms with Crippen LogP contribution in [0, 0.1) is 11.8 Å². The summed E-state index contributed by atoms with van der Waals surface area (Å²) in [4.78, 5) is 34.8. The van der Waals surface area contributed by atoms with E-state index in [1.807, 2.05) is 54.3 Å². The topological polar surface area (TPSA) is 78.7 Å². The molecule has 1 atom stereocenters. The highest BCUT2D eigenvalue weighted by Crippen LogP contribution is 2.28. The van der Waals surface area contributed by atoms with Gasteiger partial charge < -0.3 is 19.5 Å². The smallest absolute Gasteiger partial charge is 0.253 e. The van der Waals surface area contributed by atoms with Crippen LogP contribution in [0.15, 0.2) is 52.9 Å². The Morgan fingerprint density at radius 2 is 1.78 bits per heavy atom. The molecule has 2 aliphatic rings. The summed E-state index contributed by atoms with van der Waals surface area (Å²) < 4.78 is 5.95. The zero-order valence-corrected chi connectivity index (χ0v) is 21.1. The van der Waals surface area contributed by atoms with E-state index < -0.39 is 0 Å². The van der Waals surface area contributed by atoms with Gasteiger partial charge in [-0.25, -0.2) is 4.98 Å². The van der Waals surface area contributed by atoms with Gasteiger partial charge >= 0.3 is 0 Å². The Kier molecular flexibility index (Phi) is 7.66. The molecule has 2 saturated heterocycles. The highest BCUT2D eigenvalue weighted by Gasteiger charge is 2.30. The van der Waals surface area contributed by atoms with Crippen LogP contribution in [-0.4, -0.2) is 65.9 Å². The maximum Gasteiger partial charge on any atom is 0.253 e. The molecular formula is C29H36N4O3. The van der Waals surface area contributed by atoms with Crippen molar-refractivity contribution in [2.75, 3.05) is 39.3 Å². The van der Waals surface area contributed by atoms with Crippen molar-refractivity contribution in [2.24, 2.45) is 11.8 Å². The molecule has 0 unspecified atom stereocenters. The van der Waals surface area contributed by atoms with Crippen molar-refractivity contribution in [1.29, 1.82) is 0 Å². The predicted octanol–water partition coefficient (Wildman–Crippen LogP) is 4.59. The average molecular weight is 489 g/mol. The lowest BCUT2D eigenvalue weighted by atomic mass is 9.84.